The second-order valence-corrected chi connectivity index (χ2v) is 3.66. The Morgan fingerprint density at radius 2 is 2.15 bits per heavy atom. The van der Waals surface area contributed by atoms with E-state index in [1.54, 1.807) is 6.07 Å². The third-order valence-electron chi connectivity index (χ3n) is 1.68. The van der Waals surface area contributed by atoms with Gasteiger partial charge >= 0.3 is 0 Å². The molecule has 1 heterocycles. The van der Waals surface area contributed by atoms with Gasteiger partial charge in [-0.3, -0.25) is 0 Å². The Bertz CT molecular complexity index is 475. The number of hydrogen-bond acceptors (Lipinski definition) is 3. The van der Waals surface area contributed by atoms with Crippen LogP contribution in [-0.2, 0) is 0 Å². The molecule has 0 aliphatic rings. The van der Waals surface area contributed by atoms with Gasteiger partial charge in [-0.05, 0) is 29.7 Å². The second kappa shape index (κ2) is 2.81. The minimum Gasteiger partial charge on any atom is -0.544 e. The molecule has 0 radical (unpaired) electrons. The van der Waals surface area contributed by atoms with Crippen molar-refractivity contribution in [3.63, 3.8) is 0 Å². The highest BCUT2D eigenvalue weighted by molar-refractivity contribution is 7.20. The molecule has 0 N–H and O–H groups in total. The third-order valence-corrected chi connectivity index (χ3v) is 2.78. The molecule has 0 atom stereocenters. The molecule has 0 aliphatic carbocycles. The summed E-state index contributed by atoms with van der Waals surface area (Å²) in [4.78, 5) is 10.6. The van der Waals surface area contributed by atoms with Gasteiger partial charge in [-0.1, -0.05) is 0 Å². The zero-order valence-corrected chi connectivity index (χ0v) is 7.23. The fraction of sp³-hybridized carbons (Fsp3) is 0. The molecular formula is C9H4FO2S-. The quantitative estimate of drug-likeness (QED) is 0.690. The first-order valence-electron chi connectivity index (χ1n) is 3.57. The van der Waals surface area contributed by atoms with E-state index in [0.717, 1.165) is 16.0 Å². The Kier molecular flexibility index (Phi) is 1.77. The van der Waals surface area contributed by atoms with Crippen LogP contribution in [0.4, 0.5) is 4.39 Å². The van der Waals surface area contributed by atoms with Crippen molar-refractivity contribution in [3.05, 3.63) is 35.0 Å². The van der Waals surface area contributed by atoms with Gasteiger partial charge < -0.3 is 9.90 Å². The van der Waals surface area contributed by atoms with Crippen molar-refractivity contribution in [2.75, 3.05) is 0 Å². The molecule has 0 aliphatic heterocycles. The number of fused-ring (bicyclic) bond motifs is 1. The van der Waals surface area contributed by atoms with Crippen molar-refractivity contribution >= 4 is 27.4 Å². The lowest BCUT2D eigenvalue weighted by Crippen LogP contribution is -2.20. The number of thiophene rings is 1. The van der Waals surface area contributed by atoms with E-state index in [0.29, 0.717) is 5.39 Å². The van der Waals surface area contributed by atoms with Gasteiger partial charge in [-0.15, -0.1) is 11.3 Å². The first-order valence-corrected chi connectivity index (χ1v) is 4.39. The van der Waals surface area contributed by atoms with E-state index in [1.165, 1.54) is 18.2 Å². The first-order chi connectivity index (χ1) is 6.16. The van der Waals surface area contributed by atoms with Crippen molar-refractivity contribution < 1.29 is 14.3 Å². The molecule has 0 fully saturated rings. The lowest BCUT2D eigenvalue weighted by atomic mass is 10.2. The van der Waals surface area contributed by atoms with Gasteiger partial charge in [0.1, 0.15) is 5.82 Å². The first kappa shape index (κ1) is 8.19. The van der Waals surface area contributed by atoms with Crippen LogP contribution in [0, 0.1) is 5.82 Å². The van der Waals surface area contributed by atoms with Crippen LogP contribution in [-0.4, -0.2) is 5.97 Å². The molecule has 1 aromatic carbocycles. The summed E-state index contributed by atoms with van der Waals surface area (Å²) in [6.07, 6.45) is 0. The highest BCUT2D eigenvalue weighted by Gasteiger charge is 2.02. The van der Waals surface area contributed by atoms with Crippen LogP contribution in [0.3, 0.4) is 0 Å². The minimum atomic E-state index is -1.22. The molecule has 0 spiro atoms. The van der Waals surface area contributed by atoms with Gasteiger partial charge in [0.25, 0.3) is 0 Å². The minimum absolute atomic E-state index is 0.126. The Morgan fingerprint density at radius 1 is 1.38 bits per heavy atom. The van der Waals surface area contributed by atoms with Crippen molar-refractivity contribution in [3.8, 4) is 0 Å². The summed E-state index contributed by atoms with van der Waals surface area (Å²) in [6.45, 7) is 0. The van der Waals surface area contributed by atoms with Crippen LogP contribution < -0.4 is 5.11 Å². The molecule has 4 heteroatoms. The average Bonchev–Trinajstić information content (AvgIpc) is 2.46. The number of carboxylic acid groups (broad SMARTS) is 1. The molecule has 0 amide bonds. The van der Waals surface area contributed by atoms with Crippen molar-refractivity contribution in [1.82, 2.24) is 0 Å². The molecule has 1 aromatic heterocycles. The fourth-order valence-electron chi connectivity index (χ4n) is 1.11. The number of carbonyl (C=O) groups is 1. The lowest BCUT2D eigenvalue weighted by Gasteiger charge is -1.92. The van der Waals surface area contributed by atoms with Crippen molar-refractivity contribution in [2.24, 2.45) is 0 Å². The molecule has 13 heavy (non-hydrogen) atoms. The van der Waals surface area contributed by atoms with Gasteiger partial charge in [-0.25, -0.2) is 4.39 Å². The van der Waals surface area contributed by atoms with Crippen LogP contribution in [0.5, 0.6) is 0 Å². The van der Waals surface area contributed by atoms with E-state index in [9.17, 15) is 14.3 Å². The van der Waals surface area contributed by atoms with Crippen LogP contribution in [0.2, 0.25) is 0 Å². The summed E-state index contributed by atoms with van der Waals surface area (Å²) in [5.41, 5.74) is 0. The Labute approximate surface area is 77.2 Å². The predicted octanol–water partition coefficient (Wildman–Crippen LogP) is 1.40. The van der Waals surface area contributed by atoms with E-state index in [-0.39, 0.29) is 10.7 Å². The molecule has 2 nitrogen and oxygen atoms in total. The normalized spacial score (nSPS) is 10.5. The lowest BCUT2D eigenvalue weighted by molar-refractivity contribution is -0.254. The van der Waals surface area contributed by atoms with Crippen LogP contribution in [0.15, 0.2) is 24.3 Å². The summed E-state index contributed by atoms with van der Waals surface area (Å²) in [5.74, 6) is -1.59. The number of benzene rings is 1. The number of carboxylic acids is 1. The van der Waals surface area contributed by atoms with E-state index < -0.39 is 5.97 Å². The third kappa shape index (κ3) is 1.40. The SMILES string of the molecule is O=C([O-])c1cc2cc(F)ccc2s1. The van der Waals surface area contributed by atoms with Crippen LogP contribution >= 0.6 is 11.3 Å². The number of hydrogen-bond donors (Lipinski definition) is 0. The Hall–Kier alpha value is -1.42. The van der Waals surface area contributed by atoms with Crippen molar-refractivity contribution in [2.45, 2.75) is 0 Å². The molecule has 66 valence electrons. The summed E-state index contributed by atoms with van der Waals surface area (Å²) in [6, 6.07) is 5.58. The topological polar surface area (TPSA) is 40.1 Å². The highest BCUT2D eigenvalue weighted by atomic mass is 32.1. The maximum Gasteiger partial charge on any atom is 0.123 e. The number of halogens is 1. The second-order valence-electron chi connectivity index (χ2n) is 2.58. The number of rotatable bonds is 1. The molecule has 0 unspecified atom stereocenters. The van der Waals surface area contributed by atoms with E-state index in [4.69, 9.17) is 0 Å². The maximum atomic E-state index is 12.7. The van der Waals surface area contributed by atoms with Crippen molar-refractivity contribution in [1.29, 1.82) is 0 Å². The van der Waals surface area contributed by atoms with E-state index >= 15 is 0 Å². The van der Waals surface area contributed by atoms with Gasteiger partial charge in [0.05, 0.1) is 10.8 Å². The number of carbonyl (C=O) groups excluding carboxylic acids is 1. The summed E-state index contributed by atoms with van der Waals surface area (Å²) >= 11 is 1.09. The molecular weight excluding hydrogens is 191 g/mol. The Balaban J connectivity index is 2.68. The molecule has 0 bridgehead atoms. The highest BCUT2D eigenvalue weighted by Crippen LogP contribution is 2.25. The zero-order valence-electron chi connectivity index (χ0n) is 6.41. The summed E-state index contributed by atoms with van der Waals surface area (Å²) in [7, 11) is 0. The number of aromatic carboxylic acids is 1. The maximum absolute atomic E-state index is 12.7. The zero-order chi connectivity index (χ0) is 9.42. The summed E-state index contributed by atoms with van der Waals surface area (Å²) in [5, 5.41) is 11.1. The fourth-order valence-corrected chi connectivity index (χ4v) is 1.99. The Morgan fingerprint density at radius 3 is 2.85 bits per heavy atom. The van der Waals surface area contributed by atoms with Crippen LogP contribution in [0.25, 0.3) is 10.1 Å². The molecule has 0 saturated carbocycles. The van der Waals surface area contributed by atoms with E-state index in [2.05, 4.69) is 0 Å². The predicted molar refractivity (Wildman–Crippen MR) is 46.1 cm³/mol. The monoisotopic (exact) mass is 195 g/mol. The average molecular weight is 195 g/mol. The van der Waals surface area contributed by atoms with Gasteiger partial charge in [-0.2, -0.15) is 0 Å². The molecule has 2 aromatic rings. The summed E-state index contributed by atoms with van der Waals surface area (Å²) < 4.78 is 13.4. The smallest absolute Gasteiger partial charge is 0.123 e. The van der Waals surface area contributed by atoms with Gasteiger partial charge in [0.15, 0.2) is 0 Å². The van der Waals surface area contributed by atoms with Gasteiger partial charge in [0.2, 0.25) is 0 Å². The largest absolute Gasteiger partial charge is 0.544 e. The molecule has 0 saturated heterocycles. The standard InChI is InChI=1S/C9H5FO2S/c10-6-1-2-7-5(3-6)4-8(13-7)9(11)12/h1-4H,(H,11,12)/p-1. The van der Waals surface area contributed by atoms with Crippen LogP contribution in [0.1, 0.15) is 9.67 Å². The molecule has 2 rings (SSSR count). The van der Waals surface area contributed by atoms with E-state index in [1.807, 2.05) is 0 Å². The van der Waals surface area contributed by atoms with Gasteiger partial charge in [0, 0.05) is 4.70 Å².